The molecule has 3 N–H and O–H groups in total. The maximum absolute atomic E-state index is 12.3. The van der Waals surface area contributed by atoms with Gasteiger partial charge in [0.15, 0.2) is 18.1 Å². The van der Waals surface area contributed by atoms with Gasteiger partial charge in [0.25, 0.3) is 5.91 Å². The van der Waals surface area contributed by atoms with Gasteiger partial charge in [0.1, 0.15) is 17.4 Å². The molecule has 0 fully saturated rings. The van der Waals surface area contributed by atoms with Crippen molar-refractivity contribution in [2.24, 2.45) is 0 Å². The quantitative estimate of drug-likeness (QED) is 0.338. The van der Waals surface area contributed by atoms with Crippen LogP contribution in [0.1, 0.15) is 5.56 Å². The monoisotopic (exact) mass is 446 g/mol. The molecule has 0 atom stereocenters. The van der Waals surface area contributed by atoms with Crippen LogP contribution in [0.25, 0.3) is 6.08 Å². The Balaban J connectivity index is 2.29. The van der Waals surface area contributed by atoms with Crippen molar-refractivity contribution < 1.29 is 29.3 Å². The van der Waals surface area contributed by atoms with Gasteiger partial charge in [-0.05, 0) is 48.0 Å². The Kier molecular flexibility index (Phi) is 7.01. The number of nitrogens with one attached hydrogen (secondary N) is 1. The van der Waals surface area contributed by atoms with Crippen LogP contribution in [0, 0.1) is 11.3 Å². The molecule has 0 saturated heterocycles. The highest BCUT2D eigenvalue weighted by Gasteiger charge is 2.14. The zero-order chi connectivity index (χ0) is 20.7. The molecule has 0 aliphatic carbocycles. The zero-order valence-electron chi connectivity index (χ0n) is 14.6. The average molecular weight is 447 g/mol. The van der Waals surface area contributed by atoms with Crippen molar-refractivity contribution in [2.75, 3.05) is 19.0 Å². The lowest BCUT2D eigenvalue weighted by Gasteiger charge is -2.12. The van der Waals surface area contributed by atoms with Crippen LogP contribution in [-0.2, 0) is 9.59 Å². The Hall–Kier alpha value is -3.51. The average Bonchev–Trinajstić information content (AvgIpc) is 2.67. The predicted molar refractivity (Wildman–Crippen MR) is 104 cm³/mol. The Bertz CT molecular complexity index is 964. The molecule has 0 spiro atoms. The molecule has 0 unspecified atom stereocenters. The number of ether oxygens (including phenoxy) is 2. The summed E-state index contributed by atoms with van der Waals surface area (Å²) < 4.78 is 10.8. The molecule has 0 bridgehead atoms. The normalized spacial score (nSPS) is 10.7. The van der Waals surface area contributed by atoms with Crippen LogP contribution in [0.4, 0.5) is 5.69 Å². The fraction of sp³-hybridized carbons (Fsp3) is 0.105. The molecular formula is C19H15BrN2O6. The lowest BCUT2D eigenvalue weighted by atomic mass is 10.1. The van der Waals surface area contributed by atoms with E-state index >= 15 is 0 Å². The maximum atomic E-state index is 12.3. The molecule has 2 aromatic carbocycles. The molecule has 0 aromatic heterocycles. The molecule has 28 heavy (non-hydrogen) atoms. The molecule has 8 nitrogen and oxygen atoms in total. The highest BCUT2D eigenvalue weighted by atomic mass is 79.9. The smallest absolute Gasteiger partial charge is 0.341 e. The van der Waals surface area contributed by atoms with E-state index in [1.165, 1.54) is 49.6 Å². The maximum Gasteiger partial charge on any atom is 0.341 e. The second-order valence-electron chi connectivity index (χ2n) is 5.38. The lowest BCUT2D eigenvalue weighted by Crippen LogP contribution is -2.13. The van der Waals surface area contributed by atoms with Gasteiger partial charge in [-0.3, -0.25) is 4.79 Å². The van der Waals surface area contributed by atoms with E-state index in [0.717, 1.165) is 0 Å². The van der Waals surface area contributed by atoms with E-state index in [-0.39, 0.29) is 22.8 Å². The lowest BCUT2D eigenvalue weighted by molar-refractivity contribution is -0.139. The number of benzene rings is 2. The topological polar surface area (TPSA) is 129 Å². The zero-order valence-corrected chi connectivity index (χ0v) is 16.2. The molecule has 0 aliphatic heterocycles. The third kappa shape index (κ3) is 5.49. The summed E-state index contributed by atoms with van der Waals surface area (Å²) in [7, 11) is 1.38. The number of carbonyl (C=O) groups excluding carboxylic acids is 1. The second-order valence-corrected chi connectivity index (χ2v) is 6.23. The van der Waals surface area contributed by atoms with E-state index in [9.17, 15) is 20.0 Å². The van der Waals surface area contributed by atoms with Gasteiger partial charge in [0, 0.05) is 10.2 Å². The molecular weight excluding hydrogens is 432 g/mol. The number of hydrogen-bond donors (Lipinski definition) is 3. The number of methoxy groups -OCH3 is 1. The summed E-state index contributed by atoms with van der Waals surface area (Å²) in [5, 5.41) is 29.9. The van der Waals surface area contributed by atoms with Crippen molar-refractivity contribution in [1.82, 2.24) is 0 Å². The SMILES string of the molecule is COc1cc(/C=C(\C#N)C(=O)Nc2ccc(O)cc2)c(Br)cc1OCC(=O)O. The van der Waals surface area contributed by atoms with E-state index < -0.39 is 18.5 Å². The number of nitrogens with zero attached hydrogens (tertiary/aromatic N) is 1. The van der Waals surface area contributed by atoms with Crippen molar-refractivity contribution >= 4 is 39.6 Å². The van der Waals surface area contributed by atoms with E-state index in [1.54, 1.807) is 0 Å². The third-order valence-electron chi connectivity index (χ3n) is 3.42. The van der Waals surface area contributed by atoms with Crippen LogP contribution < -0.4 is 14.8 Å². The van der Waals surface area contributed by atoms with Crippen LogP contribution in [0.2, 0.25) is 0 Å². The number of aliphatic carboxylic acids is 1. The van der Waals surface area contributed by atoms with Crippen molar-refractivity contribution in [1.29, 1.82) is 5.26 Å². The Morgan fingerprint density at radius 3 is 2.50 bits per heavy atom. The van der Waals surface area contributed by atoms with E-state index in [4.69, 9.17) is 14.6 Å². The molecule has 1 amide bonds. The number of phenols is 1. The molecule has 144 valence electrons. The van der Waals surface area contributed by atoms with Gasteiger partial charge in [0.05, 0.1) is 7.11 Å². The number of rotatable bonds is 7. The van der Waals surface area contributed by atoms with Gasteiger partial charge in [-0.25, -0.2) is 4.79 Å². The van der Waals surface area contributed by atoms with Crippen molar-refractivity contribution in [2.45, 2.75) is 0 Å². The Morgan fingerprint density at radius 2 is 1.93 bits per heavy atom. The number of carbonyl (C=O) groups is 2. The van der Waals surface area contributed by atoms with Gasteiger partial charge in [0.2, 0.25) is 0 Å². The van der Waals surface area contributed by atoms with Gasteiger partial charge in [-0.2, -0.15) is 5.26 Å². The van der Waals surface area contributed by atoms with Crippen molar-refractivity contribution in [3.63, 3.8) is 0 Å². The summed E-state index contributed by atoms with van der Waals surface area (Å²) in [5.41, 5.74) is 0.699. The Labute approximate surface area is 168 Å². The van der Waals surface area contributed by atoms with Crippen LogP contribution >= 0.6 is 15.9 Å². The highest BCUT2D eigenvalue weighted by Crippen LogP contribution is 2.34. The molecule has 2 aromatic rings. The van der Waals surface area contributed by atoms with E-state index in [0.29, 0.717) is 15.7 Å². The number of nitriles is 1. The standard InChI is InChI=1S/C19H15BrN2O6/c1-27-16-7-11(15(20)8-17(16)28-10-18(24)25)6-12(9-21)19(26)22-13-2-4-14(23)5-3-13/h2-8,23H,10H2,1H3,(H,22,26)(H,24,25)/b12-6+. The summed E-state index contributed by atoms with van der Waals surface area (Å²) in [5.74, 6) is -1.28. The molecule has 9 heteroatoms. The highest BCUT2D eigenvalue weighted by molar-refractivity contribution is 9.10. The number of amides is 1. The third-order valence-corrected chi connectivity index (χ3v) is 4.11. The van der Waals surface area contributed by atoms with Crippen LogP contribution in [0.5, 0.6) is 17.2 Å². The first-order valence-corrected chi connectivity index (χ1v) is 8.57. The van der Waals surface area contributed by atoms with Crippen LogP contribution in [0.15, 0.2) is 46.4 Å². The van der Waals surface area contributed by atoms with Crippen molar-refractivity contribution in [3.05, 3.63) is 52.0 Å². The van der Waals surface area contributed by atoms with Crippen LogP contribution in [0.3, 0.4) is 0 Å². The minimum Gasteiger partial charge on any atom is -0.508 e. The minimum atomic E-state index is -1.14. The number of carboxylic acids is 1. The van der Waals surface area contributed by atoms with E-state index in [1.807, 2.05) is 6.07 Å². The predicted octanol–water partition coefficient (Wildman–Crippen LogP) is 3.17. The van der Waals surface area contributed by atoms with Crippen LogP contribution in [-0.4, -0.2) is 35.8 Å². The summed E-state index contributed by atoms with van der Waals surface area (Å²) in [6, 6.07) is 10.6. The summed E-state index contributed by atoms with van der Waals surface area (Å²) in [4.78, 5) is 23.0. The molecule has 0 radical (unpaired) electrons. The summed E-state index contributed by atoms with van der Waals surface area (Å²) in [6.45, 7) is -0.545. The number of hydrogen-bond acceptors (Lipinski definition) is 6. The van der Waals surface area contributed by atoms with Gasteiger partial charge in [-0.1, -0.05) is 15.9 Å². The number of carboxylic acid groups (broad SMARTS) is 1. The summed E-state index contributed by atoms with van der Waals surface area (Å²) in [6.07, 6.45) is 1.35. The second kappa shape index (κ2) is 9.43. The van der Waals surface area contributed by atoms with Gasteiger partial charge in [-0.15, -0.1) is 0 Å². The molecule has 0 heterocycles. The molecule has 0 aliphatic rings. The fourth-order valence-electron chi connectivity index (χ4n) is 2.12. The summed E-state index contributed by atoms with van der Waals surface area (Å²) >= 11 is 3.30. The largest absolute Gasteiger partial charge is 0.508 e. The van der Waals surface area contributed by atoms with Gasteiger partial charge < -0.3 is 25.0 Å². The first-order valence-electron chi connectivity index (χ1n) is 7.78. The number of aromatic hydroxyl groups is 1. The minimum absolute atomic E-state index is 0.0512. The first kappa shape index (κ1) is 20.8. The number of halogens is 1. The molecule has 2 rings (SSSR count). The Morgan fingerprint density at radius 1 is 1.25 bits per heavy atom. The van der Waals surface area contributed by atoms with E-state index in [2.05, 4.69) is 21.2 Å². The fourth-order valence-corrected chi connectivity index (χ4v) is 2.56. The number of phenolic OH excluding ortho intramolecular Hbond substituents is 1. The first-order chi connectivity index (χ1) is 13.3. The number of anilines is 1. The van der Waals surface area contributed by atoms with Gasteiger partial charge >= 0.3 is 5.97 Å². The molecule has 0 saturated carbocycles. The van der Waals surface area contributed by atoms with Crippen molar-refractivity contribution in [3.8, 4) is 23.3 Å².